The monoisotopic (exact) mass is 174 g/mol. The molecule has 2 aliphatic rings. The summed E-state index contributed by atoms with van der Waals surface area (Å²) in [6.07, 6.45) is 1.45. The van der Waals surface area contributed by atoms with Crippen LogP contribution in [-0.2, 0) is 4.84 Å². The standard InChI is InChI=1S/C10H10N2O/c11-8-4-2-1-3-6(8)10-7-5-9(7)13-12-10/h1-4,7,9H,5,11H2/t7-,9+/m1/s1. The Bertz CT molecular complexity index is 386. The Hall–Kier alpha value is -1.51. The molecule has 1 fully saturated rings. The fourth-order valence-electron chi connectivity index (χ4n) is 1.75. The Labute approximate surface area is 76.2 Å². The highest BCUT2D eigenvalue weighted by atomic mass is 16.7. The number of fused-ring (bicyclic) bond motifs is 1. The average molecular weight is 174 g/mol. The van der Waals surface area contributed by atoms with E-state index in [0.717, 1.165) is 23.4 Å². The summed E-state index contributed by atoms with van der Waals surface area (Å²) in [7, 11) is 0. The lowest BCUT2D eigenvalue weighted by atomic mass is 10.0. The highest BCUT2D eigenvalue weighted by Gasteiger charge is 2.49. The van der Waals surface area contributed by atoms with E-state index in [0.29, 0.717) is 12.0 Å². The molecule has 1 aliphatic carbocycles. The normalized spacial score (nSPS) is 29.1. The minimum atomic E-state index is 0.342. The second kappa shape index (κ2) is 2.25. The van der Waals surface area contributed by atoms with Crippen molar-refractivity contribution in [1.29, 1.82) is 0 Å². The molecule has 1 aromatic carbocycles. The third kappa shape index (κ3) is 0.932. The zero-order chi connectivity index (χ0) is 8.84. The first-order valence-corrected chi connectivity index (χ1v) is 4.45. The van der Waals surface area contributed by atoms with Gasteiger partial charge < -0.3 is 10.6 Å². The van der Waals surface area contributed by atoms with Gasteiger partial charge in [0.25, 0.3) is 0 Å². The van der Waals surface area contributed by atoms with Crippen LogP contribution < -0.4 is 5.73 Å². The lowest BCUT2D eigenvalue weighted by Crippen LogP contribution is -2.05. The number of para-hydroxylation sites is 1. The number of rotatable bonds is 1. The van der Waals surface area contributed by atoms with Gasteiger partial charge in [-0.3, -0.25) is 0 Å². The smallest absolute Gasteiger partial charge is 0.137 e. The summed E-state index contributed by atoms with van der Waals surface area (Å²) in [5, 5.41) is 4.03. The molecule has 0 radical (unpaired) electrons. The Balaban J connectivity index is 2.05. The fraction of sp³-hybridized carbons (Fsp3) is 0.300. The summed E-state index contributed by atoms with van der Waals surface area (Å²) >= 11 is 0. The van der Waals surface area contributed by atoms with Gasteiger partial charge in [-0.15, -0.1) is 0 Å². The molecular weight excluding hydrogens is 164 g/mol. The van der Waals surface area contributed by atoms with Crippen molar-refractivity contribution in [3.05, 3.63) is 29.8 Å². The summed E-state index contributed by atoms with van der Waals surface area (Å²) in [6, 6.07) is 7.80. The Morgan fingerprint density at radius 1 is 1.38 bits per heavy atom. The largest absolute Gasteiger partial charge is 0.398 e. The van der Waals surface area contributed by atoms with Crippen molar-refractivity contribution >= 4 is 11.4 Å². The minimum Gasteiger partial charge on any atom is -0.398 e. The average Bonchev–Trinajstić information content (AvgIpc) is 2.81. The van der Waals surface area contributed by atoms with E-state index < -0.39 is 0 Å². The van der Waals surface area contributed by atoms with Crippen LogP contribution in [0, 0.1) is 5.92 Å². The van der Waals surface area contributed by atoms with Crippen LogP contribution in [0.15, 0.2) is 29.4 Å². The molecular formula is C10H10N2O. The van der Waals surface area contributed by atoms with Gasteiger partial charge >= 0.3 is 0 Å². The summed E-state index contributed by atoms with van der Waals surface area (Å²) in [5.41, 5.74) is 8.70. The molecule has 3 nitrogen and oxygen atoms in total. The van der Waals surface area contributed by atoms with Crippen molar-refractivity contribution < 1.29 is 4.84 Å². The van der Waals surface area contributed by atoms with Crippen molar-refractivity contribution in [2.24, 2.45) is 11.1 Å². The van der Waals surface area contributed by atoms with Crippen molar-refractivity contribution in [2.75, 3.05) is 5.73 Å². The maximum Gasteiger partial charge on any atom is 0.137 e. The van der Waals surface area contributed by atoms with E-state index in [9.17, 15) is 0 Å². The van der Waals surface area contributed by atoms with E-state index in [-0.39, 0.29) is 0 Å². The van der Waals surface area contributed by atoms with Crippen molar-refractivity contribution in [3.63, 3.8) is 0 Å². The van der Waals surface area contributed by atoms with Crippen LogP contribution in [0.2, 0.25) is 0 Å². The maximum absolute atomic E-state index is 5.84. The van der Waals surface area contributed by atoms with Crippen molar-refractivity contribution in [1.82, 2.24) is 0 Å². The first kappa shape index (κ1) is 6.95. The number of nitrogens with two attached hydrogens (primary N) is 1. The van der Waals surface area contributed by atoms with Crippen LogP contribution in [0.25, 0.3) is 0 Å². The van der Waals surface area contributed by atoms with Crippen molar-refractivity contribution in [2.45, 2.75) is 12.5 Å². The summed E-state index contributed by atoms with van der Waals surface area (Å²) in [6.45, 7) is 0. The molecule has 1 aliphatic heterocycles. The van der Waals surface area contributed by atoms with Crippen LogP contribution in [-0.4, -0.2) is 11.8 Å². The molecule has 1 aromatic rings. The van der Waals surface area contributed by atoms with Gasteiger partial charge in [0.1, 0.15) is 6.10 Å². The van der Waals surface area contributed by atoms with Crippen LogP contribution in [0.5, 0.6) is 0 Å². The highest BCUT2D eigenvalue weighted by molar-refractivity contribution is 6.08. The van der Waals surface area contributed by atoms with E-state index in [4.69, 9.17) is 10.6 Å². The molecule has 0 aromatic heterocycles. The van der Waals surface area contributed by atoms with E-state index in [2.05, 4.69) is 5.16 Å². The second-order valence-electron chi connectivity index (χ2n) is 3.55. The molecule has 13 heavy (non-hydrogen) atoms. The number of nitrogen functional groups attached to an aromatic ring is 1. The number of oxime groups is 1. The first-order chi connectivity index (χ1) is 6.36. The lowest BCUT2D eigenvalue weighted by Gasteiger charge is -2.03. The molecule has 0 amide bonds. The SMILES string of the molecule is Nc1ccccc1C1=NO[C@H]2C[C@@H]12. The lowest BCUT2D eigenvalue weighted by molar-refractivity contribution is 0.140. The topological polar surface area (TPSA) is 47.6 Å². The van der Waals surface area contributed by atoms with Crippen LogP contribution in [0.1, 0.15) is 12.0 Å². The van der Waals surface area contributed by atoms with Gasteiger partial charge in [0.15, 0.2) is 0 Å². The van der Waals surface area contributed by atoms with Gasteiger partial charge in [-0.1, -0.05) is 23.4 Å². The Morgan fingerprint density at radius 3 is 2.85 bits per heavy atom. The van der Waals surface area contributed by atoms with Crippen LogP contribution >= 0.6 is 0 Å². The minimum absolute atomic E-state index is 0.342. The van der Waals surface area contributed by atoms with Crippen LogP contribution in [0.3, 0.4) is 0 Å². The zero-order valence-electron chi connectivity index (χ0n) is 7.10. The van der Waals surface area contributed by atoms with Crippen LogP contribution in [0.4, 0.5) is 5.69 Å². The molecule has 0 spiro atoms. The molecule has 3 heteroatoms. The van der Waals surface area contributed by atoms with E-state index in [1.165, 1.54) is 0 Å². The van der Waals surface area contributed by atoms with Gasteiger partial charge in [-0.25, -0.2) is 0 Å². The second-order valence-corrected chi connectivity index (χ2v) is 3.55. The number of benzene rings is 1. The van der Waals surface area contributed by atoms with Crippen molar-refractivity contribution in [3.8, 4) is 0 Å². The summed E-state index contributed by atoms with van der Waals surface area (Å²) in [5.74, 6) is 0.504. The Morgan fingerprint density at radius 2 is 2.23 bits per heavy atom. The van der Waals surface area contributed by atoms with E-state index in [1.54, 1.807) is 0 Å². The highest BCUT2D eigenvalue weighted by Crippen LogP contribution is 2.42. The van der Waals surface area contributed by atoms with E-state index >= 15 is 0 Å². The molecule has 2 N–H and O–H groups in total. The predicted octanol–water partition coefficient (Wildman–Crippen LogP) is 1.39. The maximum atomic E-state index is 5.84. The van der Waals surface area contributed by atoms with Gasteiger partial charge in [-0.2, -0.15) is 0 Å². The fourth-order valence-corrected chi connectivity index (χ4v) is 1.75. The molecule has 66 valence electrons. The molecule has 3 rings (SSSR count). The van der Waals surface area contributed by atoms with Gasteiger partial charge in [0.05, 0.1) is 5.71 Å². The predicted molar refractivity (Wildman–Crippen MR) is 50.4 cm³/mol. The molecule has 0 saturated heterocycles. The third-order valence-electron chi connectivity index (χ3n) is 2.61. The first-order valence-electron chi connectivity index (χ1n) is 4.45. The number of hydrogen-bond acceptors (Lipinski definition) is 3. The molecule has 1 saturated carbocycles. The Kier molecular flexibility index (Phi) is 1.20. The quantitative estimate of drug-likeness (QED) is 0.654. The zero-order valence-corrected chi connectivity index (χ0v) is 7.10. The molecule has 1 heterocycles. The van der Waals surface area contributed by atoms with Gasteiger partial charge in [-0.05, 0) is 12.5 Å². The number of hydrogen-bond donors (Lipinski definition) is 1. The summed E-state index contributed by atoms with van der Waals surface area (Å²) in [4.78, 5) is 5.18. The number of anilines is 1. The van der Waals surface area contributed by atoms with E-state index in [1.807, 2.05) is 24.3 Å². The third-order valence-corrected chi connectivity index (χ3v) is 2.61. The van der Waals surface area contributed by atoms with Gasteiger partial charge in [0.2, 0.25) is 0 Å². The molecule has 0 bridgehead atoms. The van der Waals surface area contributed by atoms with Gasteiger partial charge in [0, 0.05) is 17.2 Å². The molecule has 0 unspecified atom stereocenters. The molecule has 2 atom stereocenters. The summed E-state index contributed by atoms with van der Waals surface area (Å²) < 4.78 is 0. The number of nitrogens with zero attached hydrogens (tertiary/aromatic N) is 1.